The number of methoxy groups -OCH3 is 1. The van der Waals surface area contributed by atoms with Crippen LogP contribution in [0.2, 0.25) is 0 Å². The lowest BCUT2D eigenvalue weighted by atomic mass is 10.2. The quantitative estimate of drug-likeness (QED) is 0.691. The van der Waals surface area contributed by atoms with Gasteiger partial charge in [0, 0.05) is 0 Å². The average Bonchev–Trinajstić information content (AvgIpc) is 2.18. The molecule has 1 aromatic heterocycles. The van der Waals surface area contributed by atoms with E-state index in [1.807, 2.05) is 6.07 Å². The van der Waals surface area contributed by atoms with Crippen LogP contribution in [-0.2, 0) is 0 Å². The molecule has 0 unspecified atom stereocenters. The first-order valence-electron chi connectivity index (χ1n) is 4.30. The zero-order valence-electron chi connectivity index (χ0n) is 8.03. The molecule has 0 spiro atoms. The SMILES string of the molecule is COc1c(C)oc2ccccc2c1=O. The largest absolute Gasteiger partial charge is 0.490 e. The second-order valence-corrected chi connectivity index (χ2v) is 3.02. The van der Waals surface area contributed by atoms with E-state index >= 15 is 0 Å². The Balaban J connectivity index is 2.93. The fourth-order valence-electron chi connectivity index (χ4n) is 1.47. The molecule has 0 aliphatic rings. The van der Waals surface area contributed by atoms with Crippen LogP contribution in [0.1, 0.15) is 5.76 Å². The van der Waals surface area contributed by atoms with Gasteiger partial charge in [0.1, 0.15) is 11.3 Å². The summed E-state index contributed by atoms with van der Waals surface area (Å²) < 4.78 is 10.4. The summed E-state index contributed by atoms with van der Waals surface area (Å²) in [5, 5.41) is 0.551. The van der Waals surface area contributed by atoms with E-state index in [2.05, 4.69) is 0 Å². The Bertz CT molecular complexity index is 526. The first kappa shape index (κ1) is 8.81. The Morgan fingerprint density at radius 1 is 1.29 bits per heavy atom. The van der Waals surface area contributed by atoms with Gasteiger partial charge in [0.05, 0.1) is 12.5 Å². The van der Waals surface area contributed by atoms with Crippen LogP contribution >= 0.6 is 0 Å². The number of rotatable bonds is 1. The molecule has 3 nitrogen and oxygen atoms in total. The van der Waals surface area contributed by atoms with Gasteiger partial charge >= 0.3 is 0 Å². The van der Waals surface area contributed by atoms with Gasteiger partial charge in [0.15, 0.2) is 0 Å². The highest BCUT2D eigenvalue weighted by atomic mass is 16.5. The number of fused-ring (bicyclic) bond motifs is 1. The van der Waals surface area contributed by atoms with Crippen molar-refractivity contribution in [3.63, 3.8) is 0 Å². The first-order valence-corrected chi connectivity index (χ1v) is 4.30. The maximum absolute atomic E-state index is 11.8. The summed E-state index contributed by atoms with van der Waals surface area (Å²) in [6, 6.07) is 7.12. The molecule has 0 radical (unpaired) electrons. The van der Waals surface area contributed by atoms with Crippen LogP contribution in [0, 0.1) is 6.92 Å². The van der Waals surface area contributed by atoms with Gasteiger partial charge in [0.2, 0.25) is 11.2 Å². The Morgan fingerprint density at radius 2 is 2.00 bits per heavy atom. The highest BCUT2D eigenvalue weighted by molar-refractivity contribution is 5.77. The molecule has 1 aromatic carbocycles. The molecular weight excluding hydrogens is 180 g/mol. The average molecular weight is 190 g/mol. The van der Waals surface area contributed by atoms with Crippen molar-refractivity contribution in [2.24, 2.45) is 0 Å². The first-order chi connectivity index (χ1) is 6.74. The van der Waals surface area contributed by atoms with Crippen molar-refractivity contribution >= 4 is 11.0 Å². The van der Waals surface area contributed by atoms with Gasteiger partial charge in [-0.2, -0.15) is 0 Å². The van der Waals surface area contributed by atoms with Gasteiger partial charge in [-0.05, 0) is 19.1 Å². The molecule has 0 bridgehead atoms. The number of ether oxygens (including phenoxy) is 1. The Labute approximate surface area is 80.9 Å². The lowest BCUT2D eigenvalue weighted by Gasteiger charge is -2.04. The molecule has 14 heavy (non-hydrogen) atoms. The predicted octanol–water partition coefficient (Wildman–Crippen LogP) is 2.11. The second kappa shape index (κ2) is 3.18. The molecule has 0 N–H and O–H groups in total. The van der Waals surface area contributed by atoms with E-state index in [4.69, 9.17) is 9.15 Å². The Kier molecular flexibility index (Phi) is 2.00. The molecule has 0 atom stereocenters. The number of para-hydroxylation sites is 1. The molecule has 0 aliphatic carbocycles. The van der Waals surface area contributed by atoms with Crippen molar-refractivity contribution in [1.29, 1.82) is 0 Å². The minimum Gasteiger partial charge on any atom is -0.490 e. The number of aryl methyl sites for hydroxylation is 1. The number of hydrogen-bond donors (Lipinski definition) is 0. The topological polar surface area (TPSA) is 39.4 Å². The molecule has 0 saturated carbocycles. The molecule has 0 aliphatic heterocycles. The van der Waals surface area contributed by atoms with E-state index in [9.17, 15) is 4.79 Å². The van der Waals surface area contributed by atoms with Crippen LogP contribution in [0.25, 0.3) is 11.0 Å². The molecule has 0 saturated heterocycles. The number of hydrogen-bond acceptors (Lipinski definition) is 3. The van der Waals surface area contributed by atoms with E-state index in [0.29, 0.717) is 16.7 Å². The predicted molar refractivity (Wildman–Crippen MR) is 53.8 cm³/mol. The third-order valence-electron chi connectivity index (χ3n) is 2.12. The van der Waals surface area contributed by atoms with E-state index in [1.165, 1.54) is 7.11 Å². The highest BCUT2D eigenvalue weighted by Crippen LogP contribution is 2.18. The van der Waals surface area contributed by atoms with E-state index < -0.39 is 0 Å². The van der Waals surface area contributed by atoms with Crippen molar-refractivity contribution in [3.8, 4) is 5.75 Å². The molecular formula is C11H10O3. The van der Waals surface area contributed by atoms with Gasteiger partial charge in [-0.3, -0.25) is 4.79 Å². The summed E-state index contributed by atoms with van der Waals surface area (Å²) in [5.41, 5.74) is 0.475. The summed E-state index contributed by atoms with van der Waals surface area (Å²) in [5.74, 6) is 0.792. The lowest BCUT2D eigenvalue weighted by Crippen LogP contribution is -2.07. The van der Waals surface area contributed by atoms with Crippen molar-refractivity contribution in [2.75, 3.05) is 7.11 Å². The minimum absolute atomic E-state index is 0.119. The fourth-order valence-corrected chi connectivity index (χ4v) is 1.47. The summed E-state index contributed by atoms with van der Waals surface area (Å²) >= 11 is 0. The van der Waals surface area contributed by atoms with Crippen LogP contribution < -0.4 is 10.2 Å². The van der Waals surface area contributed by atoms with Crippen LogP contribution in [0.15, 0.2) is 33.5 Å². The van der Waals surface area contributed by atoms with E-state index in [1.54, 1.807) is 25.1 Å². The molecule has 0 fully saturated rings. The van der Waals surface area contributed by atoms with E-state index in [-0.39, 0.29) is 11.2 Å². The lowest BCUT2D eigenvalue weighted by molar-refractivity contribution is 0.384. The van der Waals surface area contributed by atoms with Crippen molar-refractivity contribution < 1.29 is 9.15 Å². The summed E-state index contributed by atoms with van der Waals surface area (Å²) in [6.07, 6.45) is 0. The Hall–Kier alpha value is -1.77. The van der Waals surface area contributed by atoms with Crippen LogP contribution in [-0.4, -0.2) is 7.11 Å². The molecule has 1 heterocycles. The third kappa shape index (κ3) is 1.18. The van der Waals surface area contributed by atoms with Gasteiger partial charge < -0.3 is 9.15 Å². The van der Waals surface area contributed by atoms with Gasteiger partial charge in [-0.15, -0.1) is 0 Å². The standard InChI is InChI=1S/C11H10O3/c1-7-11(13-2)10(12)8-5-3-4-6-9(8)14-7/h3-6H,1-2H3. The molecule has 0 amide bonds. The minimum atomic E-state index is -0.119. The van der Waals surface area contributed by atoms with Gasteiger partial charge in [-0.1, -0.05) is 12.1 Å². The second-order valence-electron chi connectivity index (χ2n) is 3.02. The Morgan fingerprint density at radius 3 is 2.71 bits per heavy atom. The smallest absolute Gasteiger partial charge is 0.234 e. The van der Waals surface area contributed by atoms with Crippen molar-refractivity contribution in [1.82, 2.24) is 0 Å². The summed E-state index contributed by atoms with van der Waals surface area (Å²) in [6.45, 7) is 1.71. The third-order valence-corrected chi connectivity index (χ3v) is 2.12. The van der Waals surface area contributed by atoms with E-state index in [0.717, 1.165) is 0 Å². The fraction of sp³-hybridized carbons (Fsp3) is 0.182. The molecule has 2 aromatic rings. The van der Waals surface area contributed by atoms with Crippen LogP contribution in [0.5, 0.6) is 5.75 Å². The summed E-state index contributed by atoms with van der Waals surface area (Å²) in [7, 11) is 1.47. The highest BCUT2D eigenvalue weighted by Gasteiger charge is 2.10. The molecule has 3 heteroatoms. The van der Waals surface area contributed by atoms with Gasteiger partial charge in [0.25, 0.3) is 0 Å². The maximum Gasteiger partial charge on any atom is 0.234 e. The van der Waals surface area contributed by atoms with Crippen molar-refractivity contribution in [2.45, 2.75) is 6.92 Å². The molecule has 72 valence electrons. The summed E-state index contributed by atoms with van der Waals surface area (Å²) in [4.78, 5) is 11.8. The zero-order valence-corrected chi connectivity index (χ0v) is 8.03. The molecule has 2 rings (SSSR count). The van der Waals surface area contributed by atoms with Gasteiger partial charge in [-0.25, -0.2) is 0 Å². The van der Waals surface area contributed by atoms with Crippen LogP contribution in [0.4, 0.5) is 0 Å². The van der Waals surface area contributed by atoms with Crippen LogP contribution in [0.3, 0.4) is 0 Å². The zero-order chi connectivity index (χ0) is 10.1. The maximum atomic E-state index is 11.8. The normalized spacial score (nSPS) is 10.4. The number of benzene rings is 1. The van der Waals surface area contributed by atoms with Crippen molar-refractivity contribution in [3.05, 3.63) is 40.2 Å². The monoisotopic (exact) mass is 190 g/mol.